The average Bonchev–Trinajstić information content (AvgIpc) is 2.57. The molecule has 0 radical (unpaired) electrons. The summed E-state index contributed by atoms with van der Waals surface area (Å²) in [5, 5.41) is 5.82. The molecule has 0 heterocycles. The van der Waals surface area contributed by atoms with Crippen molar-refractivity contribution in [1.82, 2.24) is 0 Å². The Labute approximate surface area is 159 Å². The predicted octanol–water partition coefficient (Wildman–Crippen LogP) is 4.86. The highest BCUT2D eigenvalue weighted by atomic mass is 79.9. The van der Waals surface area contributed by atoms with Gasteiger partial charge in [-0.3, -0.25) is 9.59 Å². The van der Waals surface area contributed by atoms with Crippen LogP contribution in [0.4, 0.5) is 11.4 Å². The van der Waals surface area contributed by atoms with Crippen molar-refractivity contribution < 1.29 is 14.3 Å². The molecule has 0 aromatic heterocycles. The largest absolute Gasteiger partial charge is 0.483 e. The van der Waals surface area contributed by atoms with E-state index < -0.39 is 0 Å². The second kappa shape index (κ2) is 9.44. The molecule has 7 heteroatoms. The van der Waals surface area contributed by atoms with Gasteiger partial charge < -0.3 is 15.4 Å². The SMILES string of the molecule is CCCC(=O)Nc1ccc(Cl)c(NC(=O)COc2ccccc2Br)c1. The van der Waals surface area contributed by atoms with E-state index in [1.165, 1.54) is 0 Å². The Morgan fingerprint density at radius 1 is 1.12 bits per heavy atom. The van der Waals surface area contributed by atoms with Crippen LogP contribution in [0.2, 0.25) is 5.02 Å². The summed E-state index contributed by atoms with van der Waals surface area (Å²) in [6, 6.07) is 12.2. The van der Waals surface area contributed by atoms with Crippen LogP contribution in [0.25, 0.3) is 0 Å². The van der Waals surface area contributed by atoms with Gasteiger partial charge in [-0.15, -0.1) is 0 Å². The summed E-state index contributed by atoms with van der Waals surface area (Å²) in [6.07, 6.45) is 1.19. The quantitative estimate of drug-likeness (QED) is 0.666. The topological polar surface area (TPSA) is 67.4 Å². The maximum atomic E-state index is 12.1. The zero-order valence-corrected chi connectivity index (χ0v) is 16.0. The van der Waals surface area contributed by atoms with Crippen molar-refractivity contribution in [3.63, 3.8) is 0 Å². The Balaban J connectivity index is 1.97. The molecule has 2 aromatic carbocycles. The standard InChI is InChI=1S/C18H18BrClN2O3/c1-2-5-17(23)21-12-8-9-14(20)15(10-12)22-18(24)11-25-16-7-4-3-6-13(16)19/h3-4,6-10H,2,5,11H2,1H3,(H,21,23)(H,22,24). The summed E-state index contributed by atoms with van der Waals surface area (Å²) in [7, 11) is 0. The number of ether oxygens (including phenoxy) is 1. The number of benzene rings is 2. The molecular weight excluding hydrogens is 408 g/mol. The fraction of sp³-hybridized carbons (Fsp3) is 0.222. The molecule has 0 aliphatic carbocycles. The number of anilines is 2. The minimum atomic E-state index is -0.352. The van der Waals surface area contributed by atoms with Crippen molar-refractivity contribution in [3.05, 3.63) is 52.0 Å². The van der Waals surface area contributed by atoms with Gasteiger partial charge in [0, 0.05) is 12.1 Å². The van der Waals surface area contributed by atoms with Crippen LogP contribution in [-0.2, 0) is 9.59 Å². The van der Waals surface area contributed by atoms with Crippen molar-refractivity contribution in [1.29, 1.82) is 0 Å². The van der Waals surface area contributed by atoms with E-state index in [9.17, 15) is 9.59 Å². The molecule has 2 amide bonds. The molecule has 0 fully saturated rings. The second-order valence-corrected chi connectivity index (χ2v) is 6.52. The second-order valence-electron chi connectivity index (χ2n) is 5.26. The first kappa shape index (κ1) is 19.3. The van der Waals surface area contributed by atoms with Crippen molar-refractivity contribution >= 4 is 50.7 Å². The van der Waals surface area contributed by atoms with Gasteiger partial charge in [0.2, 0.25) is 5.91 Å². The monoisotopic (exact) mass is 424 g/mol. The summed E-state index contributed by atoms with van der Waals surface area (Å²) in [4.78, 5) is 23.8. The molecule has 2 rings (SSSR count). The summed E-state index contributed by atoms with van der Waals surface area (Å²) >= 11 is 9.46. The molecule has 0 saturated heterocycles. The fourth-order valence-electron chi connectivity index (χ4n) is 2.04. The third-order valence-corrected chi connectivity index (χ3v) is 4.18. The molecule has 2 N–H and O–H groups in total. The van der Waals surface area contributed by atoms with Crippen LogP contribution in [-0.4, -0.2) is 18.4 Å². The van der Waals surface area contributed by atoms with E-state index in [2.05, 4.69) is 26.6 Å². The number of rotatable bonds is 7. The van der Waals surface area contributed by atoms with Gasteiger partial charge in [-0.2, -0.15) is 0 Å². The van der Waals surface area contributed by atoms with Crippen LogP contribution < -0.4 is 15.4 Å². The highest BCUT2D eigenvalue weighted by Gasteiger charge is 2.10. The lowest BCUT2D eigenvalue weighted by Crippen LogP contribution is -2.20. The third-order valence-electron chi connectivity index (χ3n) is 3.20. The fourth-order valence-corrected chi connectivity index (χ4v) is 2.60. The highest BCUT2D eigenvalue weighted by molar-refractivity contribution is 9.10. The Hall–Kier alpha value is -2.05. The first-order chi connectivity index (χ1) is 12.0. The van der Waals surface area contributed by atoms with Gasteiger partial charge in [0.15, 0.2) is 6.61 Å². The lowest BCUT2D eigenvalue weighted by Gasteiger charge is -2.11. The number of carbonyl (C=O) groups excluding carboxylic acids is 2. The zero-order chi connectivity index (χ0) is 18.2. The molecule has 0 aliphatic heterocycles. The van der Waals surface area contributed by atoms with Crippen molar-refractivity contribution in [2.45, 2.75) is 19.8 Å². The van der Waals surface area contributed by atoms with Gasteiger partial charge in [0.05, 0.1) is 15.2 Å². The van der Waals surface area contributed by atoms with Crippen LogP contribution >= 0.6 is 27.5 Å². The maximum absolute atomic E-state index is 12.1. The van der Waals surface area contributed by atoms with Crippen LogP contribution in [0, 0.1) is 0 Å². The number of hydrogen-bond acceptors (Lipinski definition) is 3. The Bertz CT molecular complexity index is 768. The lowest BCUT2D eigenvalue weighted by molar-refractivity contribution is -0.118. The number of carbonyl (C=O) groups is 2. The first-order valence-corrected chi connectivity index (χ1v) is 8.93. The summed E-state index contributed by atoms with van der Waals surface area (Å²) in [5.41, 5.74) is 0.988. The Morgan fingerprint density at radius 3 is 2.60 bits per heavy atom. The van der Waals surface area contributed by atoms with Crippen LogP contribution in [0.5, 0.6) is 5.75 Å². The van der Waals surface area contributed by atoms with Gasteiger partial charge in [0.25, 0.3) is 5.91 Å². The van der Waals surface area contributed by atoms with Crippen LogP contribution in [0.1, 0.15) is 19.8 Å². The summed E-state index contributed by atoms with van der Waals surface area (Å²) in [5.74, 6) is 0.137. The molecule has 0 saturated carbocycles. The number of halogens is 2. The van der Waals surface area contributed by atoms with Crippen molar-refractivity contribution in [3.8, 4) is 5.75 Å². The van der Waals surface area contributed by atoms with Gasteiger partial charge in [-0.05, 0) is 52.7 Å². The molecule has 0 aliphatic rings. The predicted molar refractivity (Wildman–Crippen MR) is 103 cm³/mol. The van der Waals surface area contributed by atoms with E-state index >= 15 is 0 Å². The molecule has 25 heavy (non-hydrogen) atoms. The van der Waals surface area contributed by atoms with Gasteiger partial charge in [0.1, 0.15) is 5.75 Å². The van der Waals surface area contributed by atoms with Gasteiger partial charge >= 0.3 is 0 Å². The molecule has 0 bridgehead atoms. The molecule has 2 aromatic rings. The first-order valence-electron chi connectivity index (χ1n) is 7.76. The van der Waals surface area contributed by atoms with Crippen molar-refractivity contribution in [2.24, 2.45) is 0 Å². The Morgan fingerprint density at radius 2 is 1.88 bits per heavy atom. The number of para-hydroxylation sites is 1. The van der Waals surface area contributed by atoms with E-state index in [1.54, 1.807) is 24.3 Å². The summed E-state index contributed by atoms with van der Waals surface area (Å²) in [6.45, 7) is 1.77. The Kier molecular flexibility index (Phi) is 7.28. The van der Waals surface area contributed by atoms with Crippen LogP contribution in [0.3, 0.4) is 0 Å². The van der Waals surface area contributed by atoms with Crippen molar-refractivity contribution in [2.75, 3.05) is 17.2 Å². The smallest absolute Gasteiger partial charge is 0.262 e. The van der Waals surface area contributed by atoms with E-state index in [0.717, 1.165) is 10.9 Å². The molecule has 0 spiro atoms. The molecular formula is C18H18BrClN2O3. The number of nitrogens with one attached hydrogen (secondary N) is 2. The molecule has 132 valence electrons. The molecule has 0 atom stereocenters. The minimum absolute atomic E-state index is 0.0839. The zero-order valence-electron chi connectivity index (χ0n) is 13.6. The number of hydrogen-bond donors (Lipinski definition) is 2. The average molecular weight is 426 g/mol. The summed E-state index contributed by atoms with van der Waals surface area (Å²) < 4.78 is 6.23. The lowest BCUT2D eigenvalue weighted by atomic mass is 10.2. The third kappa shape index (κ3) is 6.07. The molecule has 5 nitrogen and oxygen atoms in total. The van der Waals surface area contributed by atoms with E-state index in [0.29, 0.717) is 28.6 Å². The van der Waals surface area contributed by atoms with E-state index in [-0.39, 0.29) is 18.4 Å². The van der Waals surface area contributed by atoms with Gasteiger partial charge in [-0.1, -0.05) is 30.7 Å². The molecule has 0 unspecified atom stereocenters. The number of amides is 2. The van der Waals surface area contributed by atoms with E-state index in [1.807, 2.05) is 25.1 Å². The van der Waals surface area contributed by atoms with Gasteiger partial charge in [-0.25, -0.2) is 0 Å². The minimum Gasteiger partial charge on any atom is -0.483 e. The van der Waals surface area contributed by atoms with E-state index in [4.69, 9.17) is 16.3 Å². The normalized spacial score (nSPS) is 10.2. The highest BCUT2D eigenvalue weighted by Crippen LogP contribution is 2.26. The maximum Gasteiger partial charge on any atom is 0.262 e. The van der Waals surface area contributed by atoms with Crippen LogP contribution in [0.15, 0.2) is 46.9 Å².